The second kappa shape index (κ2) is 3.10. The SMILES string of the molecule is O=C1Cc2ccccc2C2(C1)CC1=CCC2C1. The highest BCUT2D eigenvalue weighted by molar-refractivity contribution is 5.85. The zero-order valence-electron chi connectivity index (χ0n) is 9.91. The normalized spacial score (nSPS) is 34.0. The van der Waals surface area contributed by atoms with E-state index in [9.17, 15) is 4.79 Å². The molecule has 0 aliphatic heterocycles. The van der Waals surface area contributed by atoms with Crippen LogP contribution in [0.1, 0.15) is 36.8 Å². The Hall–Kier alpha value is -1.37. The fourth-order valence-corrected chi connectivity index (χ4v) is 4.31. The lowest BCUT2D eigenvalue weighted by molar-refractivity contribution is -0.120. The molecule has 2 bridgehead atoms. The molecule has 1 aromatic rings. The Balaban J connectivity index is 1.92. The number of rotatable bonds is 0. The highest BCUT2D eigenvalue weighted by Gasteiger charge is 2.51. The van der Waals surface area contributed by atoms with Crippen molar-refractivity contribution in [2.24, 2.45) is 5.92 Å². The molecule has 0 radical (unpaired) electrons. The molecule has 86 valence electrons. The molecule has 1 spiro atoms. The minimum absolute atomic E-state index is 0.177. The van der Waals surface area contributed by atoms with Gasteiger partial charge < -0.3 is 0 Å². The first-order chi connectivity index (χ1) is 8.28. The van der Waals surface area contributed by atoms with Crippen molar-refractivity contribution in [1.82, 2.24) is 0 Å². The Morgan fingerprint density at radius 3 is 2.82 bits per heavy atom. The summed E-state index contributed by atoms with van der Waals surface area (Å²) >= 11 is 0. The monoisotopic (exact) mass is 224 g/mol. The van der Waals surface area contributed by atoms with Gasteiger partial charge in [-0.3, -0.25) is 4.79 Å². The minimum Gasteiger partial charge on any atom is -0.299 e. The predicted molar refractivity (Wildman–Crippen MR) is 66.9 cm³/mol. The summed E-state index contributed by atoms with van der Waals surface area (Å²) in [5.74, 6) is 1.14. The van der Waals surface area contributed by atoms with Gasteiger partial charge in [-0.25, -0.2) is 0 Å². The summed E-state index contributed by atoms with van der Waals surface area (Å²) in [7, 11) is 0. The number of Topliss-reactive ketones (excluding diaryl/α,β-unsaturated/α-hetero) is 1. The molecule has 3 aliphatic rings. The second-order valence-electron chi connectivity index (χ2n) is 5.88. The Bertz CT molecular complexity index is 540. The van der Waals surface area contributed by atoms with Gasteiger partial charge in [-0.15, -0.1) is 0 Å². The largest absolute Gasteiger partial charge is 0.299 e. The molecular formula is C16H16O. The number of allylic oxidation sites excluding steroid dienone is 2. The number of benzene rings is 1. The Labute approximate surface area is 102 Å². The molecule has 0 heterocycles. The van der Waals surface area contributed by atoms with E-state index < -0.39 is 0 Å². The number of hydrogen-bond acceptors (Lipinski definition) is 1. The molecule has 3 aliphatic carbocycles. The zero-order valence-corrected chi connectivity index (χ0v) is 9.91. The third-order valence-corrected chi connectivity index (χ3v) is 4.98. The van der Waals surface area contributed by atoms with Gasteiger partial charge in [-0.2, -0.15) is 0 Å². The van der Waals surface area contributed by atoms with Gasteiger partial charge in [0.15, 0.2) is 0 Å². The highest BCUT2D eigenvalue weighted by atomic mass is 16.1. The van der Waals surface area contributed by atoms with Crippen LogP contribution in [-0.4, -0.2) is 5.78 Å². The van der Waals surface area contributed by atoms with E-state index in [0.717, 1.165) is 12.8 Å². The first-order valence-electron chi connectivity index (χ1n) is 6.56. The van der Waals surface area contributed by atoms with Crippen molar-refractivity contribution in [1.29, 1.82) is 0 Å². The van der Waals surface area contributed by atoms with Crippen molar-refractivity contribution < 1.29 is 4.79 Å². The standard InChI is InChI=1S/C16H16O/c17-14-8-12-3-1-2-4-15(12)16(10-14)9-11-5-6-13(16)7-11/h1-5,13H,6-10H2. The van der Waals surface area contributed by atoms with Gasteiger partial charge in [-0.05, 0) is 36.3 Å². The molecule has 2 atom stereocenters. The molecule has 1 aromatic carbocycles. The van der Waals surface area contributed by atoms with Crippen LogP contribution in [0.3, 0.4) is 0 Å². The molecule has 1 nitrogen and oxygen atoms in total. The molecular weight excluding hydrogens is 208 g/mol. The Morgan fingerprint density at radius 2 is 2.06 bits per heavy atom. The summed E-state index contributed by atoms with van der Waals surface area (Å²) in [5, 5.41) is 0. The van der Waals surface area contributed by atoms with E-state index in [0.29, 0.717) is 18.1 Å². The van der Waals surface area contributed by atoms with E-state index in [-0.39, 0.29) is 5.41 Å². The Morgan fingerprint density at radius 1 is 1.18 bits per heavy atom. The average molecular weight is 224 g/mol. The molecule has 0 amide bonds. The summed E-state index contributed by atoms with van der Waals surface area (Å²) in [6.07, 6.45) is 7.41. The van der Waals surface area contributed by atoms with Crippen LogP contribution < -0.4 is 0 Å². The lowest BCUT2D eigenvalue weighted by atomic mass is 9.62. The molecule has 4 rings (SSSR count). The number of fused-ring (bicyclic) bond motifs is 5. The molecule has 0 aromatic heterocycles. The van der Waals surface area contributed by atoms with Crippen molar-refractivity contribution >= 4 is 5.78 Å². The first kappa shape index (κ1) is 9.64. The van der Waals surface area contributed by atoms with Crippen LogP contribution >= 0.6 is 0 Å². The topological polar surface area (TPSA) is 17.1 Å². The van der Waals surface area contributed by atoms with Gasteiger partial charge in [0.05, 0.1) is 0 Å². The molecule has 0 saturated heterocycles. The van der Waals surface area contributed by atoms with E-state index in [2.05, 4.69) is 30.3 Å². The summed E-state index contributed by atoms with van der Waals surface area (Å²) in [4.78, 5) is 12.0. The van der Waals surface area contributed by atoms with Crippen LogP contribution in [0.5, 0.6) is 0 Å². The molecule has 1 saturated carbocycles. The lowest BCUT2D eigenvalue weighted by Gasteiger charge is -2.40. The fraction of sp³-hybridized carbons (Fsp3) is 0.438. The zero-order chi connectivity index (χ0) is 11.5. The van der Waals surface area contributed by atoms with Crippen LogP contribution in [0.2, 0.25) is 0 Å². The number of hydrogen-bond donors (Lipinski definition) is 0. The van der Waals surface area contributed by atoms with Gasteiger partial charge in [0, 0.05) is 18.3 Å². The van der Waals surface area contributed by atoms with E-state index >= 15 is 0 Å². The lowest BCUT2D eigenvalue weighted by Crippen LogP contribution is -2.39. The summed E-state index contributed by atoms with van der Waals surface area (Å²) in [6, 6.07) is 8.62. The van der Waals surface area contributed by atoms with Gasteiger partial charge >= 0.3 is 0 Å². The van der Waals surface area contributed by atoms with Crippen LogP contribution in [0.25, 0.3) is 0 Å². The number of carbonyl (C=O) groups is 1. The number of carbonyl (C=O) groups excluding carboxylic acids is 1. The maximum Gasteiger partial charge on any atom is 0.138 e. The van der Waals surface area contributed by atoms with Crippen molar-refractivity contribution in [2.45, 2.75) is 37.5 Å². The minimum atomic E-state index is 0.177. The molecule has 0 N–H and O–H groups in total. The van der Waals surface area contributed by atoms with Crippen LogP contribution in [0.15, 0.2) is 35.9 Å². The van der Waals surface area contributed by atoms with Crippen molar-refractivity contribution in [3.63, 3.8) is 0 Å². The molecule has 17 heavy (non-hydrogen) atoms. The third-order valence-electron chi connectivity index (χ3n) is 4.98. The smallest absolute Gasteiger partial charge is 0.138 e. The van der Waals surface area contributed by atoms with Crippen molar-refractivity contribution in [3.8, 4) is 0 Å². The van der Waals surface area contributed by atoms with E-state index in [1.807, 2.05) is 0 Å². The predicted octanol–water partition coefficient (Wildman–Crippen LogP) is 3.18. The summed E-state index contributed by atoms with van der Waals surface area (Å²) < 4.78 is 0. The summed E-state index contributed by atoms with van der Waals surface area (Å²) in [5.41, 5.74) is 4.54. The van der Waals surface area contributed by atoms with Gasteiger partial charge in [0.1, 0.15) is 5.78 Å². The van der Waals surface area contributed by atoms with E-state index in [4.69, 9.17) is 0 Å². The second-order valence-corrected chi connectivity index (χ2v) is 5.88. The van der Waals surface area contributed by atoms with E-state index in [1.165, 1.54) is 24.0 Å². The molecule has 1 fully saturated rings. The van der Waals surface area contributed by atoms with Crippen LogP contribution in [-0.2, 0) is 16.6 Å². The van der Waals surface area contributed by atoms with Gasteiger partial charge in [0.25, 0.3) is 0 Å². The van der Waals surface area contributed by atoms with Crippen LogP contribution in [0, 0.1) is 5.92 Å². The van der Waals surface area contributed by atoms with Gasteiger partial charge in [-0.1, -0.05) is 35.9 Å². The Kier molecular flexibility index (Phi) is 1.76. The van der Waals surface area contributed by atoms with Crippen molar-refractivity contribution in [2.75, 3.05) is 0 Å². The van der Waals surface area contributed by atoms with E-state index in [1.54, 1.807) is 5.57 Å². The molecule has 2 unspecified atom stereocenters. The first-order valence-corrected chi connectivity index (χ1v) is 6.56. The van der Waals surface area contributed by atoms with Crippen molar-refractivity contribution in [3.05, 3.63) is 47.0 Å². The third kappa shape index (κ3) is 1.17. The number of ketones is 1. The fourth-order valence-electron chi connectivity index (χ4n) is 4.31. The molecule has 1 heteroatoms. The average Bonchev–Trinajstić information content (AvgIpc) is 2.89. The highest BCUT2D eigenvalue weighted by Crippen LogP contribution is 2.57. The summed E-state index contributed by atoms with van der Waals surface area (Å²) in [6.45, 7) is 0. The van der Waals surface area contributed by atoms with Crippen LogP contribution in [0.4, 0.5) is 0 Å². The maximum absolute atomic E-state index is 12.0. The van der Waals surface area contributed by atoms with Gasteiger partial charge in [0.2, 0.25) is 0 Å². The maximum atomic E-state index is 12.0. The quantitative estimate of drug-likeness (QED) is 0.619.